The van der Waals surface area contributed by atoms with Crippen LogP contribution in [0.1, 0.15) is 23.7 Å². The average Bonchev–Trinajstić information content (AvgIpc) is 3.23. The fourth-order valence-electron chi connectivity index (χ4n) is 4.18. The van der Waals surface area contributed by atoms with Crippen LogP contribution in [-0.2, 0) is 11.3 Å². The summed E-state index contributed by atoms with van der Waals surface area (Å²) in [5.74, 6) is 0.0197. The SMILES string of the molecule is CCn1cc(C(=O)N2CCC(O)(CN3CCOCC3)C2)c2ccccc21. The van der Waals surface area contributed by atoms with Gasteiger partial charge >= 0.3 is 0 Å². The molecule has 0 spiro atoms. The van der Waals surface area contributed by atoms with Gasteiger partial charge in [-0.05, 0) is 19.4 Å². The van der Waals surface area contributed by atoms with Crippen molar-refractivity contribution in [3.05, 3.63) is 36.0 Å². The number of β-amino-alcohol motifs (C(OH)–C–C–N with tert-alkyl or cyclic N) is 1. The van der Waals surface area contributed by atoms with Gasteiger partial charge in [0.1, 0.15) is 0 Å². The number of rotatable bonds is 4. The quantitative estimate of drug-likeness (QED) is 0.902. The summed E-state index contributed by atoms with van der Waals surface area (Å²) in [6.45, 7) is 7.65. The summed E-state index contributed by atoms with van der Waals surface area (Å²) >= 11 is 0. The topological polar surface area (TPSA) is 57.9 Å². The number of carbonyl (C=O) groups is 1. The second-order valence-electron chi connectivity index (χ2n) is 7.44. The van der Waals surface area contributed by atoms with Crippen LogP contribution in [0.15, 0.2) is 30.5 Å². The first-order valence-corrected chi connectivity index (χ1v) is 9.49. The smallest absolute Gasteiger partial charge is 0.256 e. The molecule has 2 aliphatic rings. The van der Waals surface area contributed by atoms with E-state index in [9.17, 15) is 9.90 Å². The van der Waals surface area contributed by atoms with Crippen molar-refractivity contribution >= 4 is 16.8 Å². The van der Waals surface area contributed by atoms with Crippen LogP contribution in [0.5, 0.6) is 0 Å². The third-order valence-corrected chi connectivity index (χ3v) is 5.60. The van der Waals surface area contributed by atoms with Crippen molar-refractivity contribution in [3.63, 3.8) is 0 Å². The van der Waals surface area contributed by atoms with E-state index in [4.69, 9.17) is 4.74 Å². The first-order valence-electron chi connectivity index (χ1n) is 9.49. The zero-order chi connectivity index (χ0) is 18.1. The lowest BCUT2D eigenvalue weighted by Gasteiger charge is -2.33. The molecule has 140 valence electrons. The lowest BCUT2D eigenvalue weighted by atomic mass is 10.0. The van der Waals surface area contributed by atoms with E-state index in [2.05, 4.69) is 16.4 Å². The molecule has 6 heteroatoms. The highest BCUT2D eigenvalue weighted by Crippen LogP contribution is 2.28. The molecular formula is C20H27N3O3. The molecule has 4 rings (SSSR count). The van der Waals surface area contributed by atoms with E-state index in [1.165, 1.54) is 0 Å². The number of hydrogen-bond acceptors (Lipinski definition) is 4. The van der Waals surface area contributed by atoms with Gasteiger partial charge in [-0.2, -0.15) is 0 Å². The molecule has 1 aromatic carbocycles. The molecule has 3 heterocycles. The summed E-state index contributed by atoms with van der Waals surface area (Å²) in [7, 11) is 0. The van der Waals surface area contributed by atoms with Gasteiger partial charge in [0.25, 0.3) is 5.91 Å². The molecule has 0 radical (unpaired) electrons. The average molecular weight is 357 g/mol. The third-order valence-electron chi connectivity index (χ3n) is 5.60. The van der Waals surface area contributed by atoms with Gasteiger partial charge in [0, 0.05) is 49.8 Å². The van der Waals surface area contributed by atoms with E-state index >= 15 is 0 Å². The van der Waals surface area contributed by atoms with Gasteiger partial charge in [0.05, 0.1) is 30.9 Å². The number of likely N-dealkylation sites (tertiary alicyclic amines) is 1. The number of ether oxygens (including phenoxy) is 1. The Morgan fingerprint density at radius 1 is 1.23 bits per heavy atom. The number of aryl methyl sites for hydroxylation is 1. The Morgan fingerprint density at radius 2 is 2.00 bits per heavy atom. The molecule has 1 aromatic heterocycles. The van der Waals surface area contributed by atoms with Crippen LogP contribution in [0.25, 0.3) is 10.9 Å². The zero-order valence-corrected chi connectivity index (χ0v) is 15.4. The number of nitrogens with zero attached hydrogens (tertiary/aromatic N) is 3. The van der Waals surface area contributed by atoms with Crippen molar-refractivity contribution in [2.75, 3.05) is 45.9 Å². The van der Waals surface area contributed by atoms with E-state index in [1.54, 1.807) is 0 Å². The Balaban J connectivity index is 1.51. The Kier molecular flexibility index (Phi) is 4.73. The standard InChI is InChI=1S/C20H27N3O3/c1-2-22-13-17(16-5-3-4-6-18(16)22)19(24)23-8-7-20(25,15-23)14-21-9-11-26-12-10-21/h3-6,13,25H,2,7-12,14-15H2,1H3. The van der Waals surface area contributed by atoms with E-state index < -0.39 is 5.60 Å². The molecule has 2 saturated heterocycles. The number of fused-ring (bicyclic) bond motifs is 1. The molecule has 26 heavy (non-hydrogen) atoms. The monoisotopic (exact) mass is 357 g/mol. The maximum absolute atomic E-state index is 13.1. The fourth-order valence-corrected chi connectivity index (χ4v) is 4.18. The Morgan fingerprint density at radius 3 is 2.77 bits per heavy atom. The summed E-state index contributed by atoms with van der Waals surface area (Å²) in [6, 6.07) is 8.02. The van der Waals surface area contributed by atoms with Crippen LogP contribution in [0.3, 0.4) is 0 Å². The summed E-state index contributed by atoms with van der Waals surface area (Å²) in [5, 5.41) is 12.0. The van der Waals surface area contributed by atoms with E-state index in [0.717, 1.165) is 49.3 Å². The predicted octanol–water partition coefficient (Wildman–Crippen LogP) is 1.57. The van der Waals surface area contributed by atoms with Crippen LogP contribution in [-0.4, -0.2) is 76.9 Å². The van der Waals surface area contributed by atoms with E-state index in [1.807, 2.05) is 35.4 Å². The third kappa shape index (κ3) is 3.24. The summed E-state index contributed by atoms with van der Waals surface area (Å²) in [6.07, 6.45) is 2.58. The van der Waals surface area contributed by atoms with Crippen LogP contribution < -0.4 is 0 Å². The van der Waals surface area contributed by atoms with E-state index in [-0.39, 0.29) is 5.91 Å². The maximum Gasteiger partial charge on any atom is 0.256 e. The second-order valence-corrected chi connectivity index (χ2v) is 7.44. The highest BCUT2D eigenvalue weighted by atomic mass is 16.5. The zero-order valence-electron chi connectivity index (χ0n) is 15.4. The number of hydrogen-bond donors (Lipinski definition) is 1. The van der Waals surface area contributed by atoms with Crippen molar-refractivity contribution in [2.24, 2.45) is 0 Å². The number of amides is 1. The van der Waals surface area contributed by atoms with Crippen LogP contribution >= 0.6 is 0 Å². The van der Waals surface area contributed by atoms with Crippen molar-refractivity contribution < 1.29 is 14.6 Å². The Labute approximate surface area is 153 Å². The van der Waals surface area contributed by atoms with Crippen molar-refractivity contribution in [3.8, 4) is 0 Å². The molecule has 1 atom stereocenters. The number of para-hydroxylation sites is 1. The normalized spacial score (nSPS) is 24.5. The van der Waals surface area contributed by atoms with Gasteiger partial charge < -0.3 is 19.3 Å². The van der Waals surface area contributed by atoms with Gasteiger partial charge in [-0.3, -0.25) is 9.69 Å². The van der Waals surface area contributed by atoms with E-state index in [0.29, 0.717) is 26.1 Å². The second kappa shape index (κ2) is 7.02. The minimum absolute atomic E-state index is 0.0197. The number of benzene rings is 1. The number of aromatic nitrogens is 1. The highest BCUT2D eigenvalue weighted by Gasteiger charge is 2.40. The van der Waals surface area contributed by atoms with Crippen LogP contribution in [0.4, 0.5) is 0 Å². The summed E-state index contributed by atoms with van der Waals surface area (Å²) in [4.78, 5) is 17.2. The minimum Gasteiger partial charge on any atom is -0.387 e. The molecule has 2 fully saturated rings. The molecule has 0 aliphatic carbocycles. The number of morpholine rings is 1. The summed E-state index contributed by atoms with van der Waals surface area (Å²) < 4.78 is 7.49. The van der Waals surface area contributed by atoms with Gasteiger partial charge in [-0.25, -0.2) is 0 Å². The first-order chi connectivity index (χ1) is 12.6. The van der Waals surface area contributed by atoms with Crippen molar-refractivity contribution in [2.45, 2.75) is 25.5 Å². The molecule has 1 unspecified atom stereocenters. The van der Waals surface area contributed by atoms with Crippen LogP contribution in [0.2, 0.25) is 0 Å². The molecule has 0 bridgehead atoms. The van der Waals surface area contributed by atoms with Crippen molar-refractivity contribution in [1.82, 2.24) is 14.4 Å². The number of aliphatic hydroxyl groups is 1. The molecule has 1 N–H and O–H groups in total. The van der Waals surface area contributed by atoms with Gasteiger partial charge in [0.15, 0.2) is 0 Å². The van der Waals surface area contributed by atoms with Crippen LogP contribution in [0, 0.1) is 0 Å². The number of carbonyl (C=O) groups excluding carboxylic acids is 1. The van der Waals surface area contributed by atoms with Crippen molar-refractivity contribution in [1.29, 1.82) is 0 Å². The summed E-state index contributed by atoms with van der Waals surface area (Å²) in [5.41, 5.74) is 0.995. The maximum atomic E-state index is 13.1. The first kappa shape index (κ1) is 17.5. The van der Waals surface area contributed by atoms with Gasteiger partial charge in [0.2, 0.25) is 0 Å². The van der Waals surface area contributed by atoms with Gasteiger partial charge in [-0.15, -0.1) is 0 Å². The van der Waals surface area contributed by atoms with Gasteiger partial charge in [-0.1, -0.05) is 18.2 Å². The molecule has 6 nitrogen and oxygen atoms in total. The fraction of sp³-hybridized carbons (Fsp3) is 0.550. The molecular weight excluding hydrogens is 330 g/mol. The highest BCUT2D eigenvalue weighted by molar-refractivity contribution is 6.07. The molecule has 2 aromatic rings. The lowest BCUT2D eigenvalue weighted by molar-refractivity contribution is -0.0257. The lowest BCUT2D eigenvalue weighted by Crippen LogP contribution is -2.49. The largest absolute Gasteiger partial charge is 0.387 e. The molecule has 2 aliphatic heterocycles. The Bertz CT molecular complexity index is 797. The Hall–Kier alpha value is -1.89. The molecule has 0 saturated carbocycles. The minimum atomic E-state index is -0.823. The predicted molar refractivity (Wildman–Crippen MR) is 100 cm³/mol. The molecule has 1 amide bonds.